The number of rotatable bonds is 8. The highest BCUT2D eigenvalue weighted by Gasteiger charge is 2.17. The summed E-state index contributed by atoms with van der Waals surface area (Å²) >= 11 is 0. The van der Waals surface area contributed by atoms with Crippen molar-refractivity contribution in [3.8, 4) is 11.5 Å². The van der Waals surface area contributed by atoms with Crippen LogP contribution in [0.3, 0.4) is 0 Å². The highest BCUT2D eigenvalue weighted by Crippen LogP contribution is 2.29. The molecule has 0 aliphatic carbocycles. The van der Waals surface area contributed by atoms with Gasteiger partial charge in [-0.2, -0.15) is 0 Å². The second-order valence-electron chi connectivity index (χ2n) is 6.77. The number of carbonyl (C=O) groups excluding carboxylic acids is 2. The fourth-order valence-electron chi connectivity index (χ4n) is 2.95. The third kappa shape index (κ3) is 5.16. The van der Waals surface area contributed by atoms with Crippen LogP contribution >= 0.6 is 0 Å². The van der Waals surface area contributed by atoms with E-state index in [1.165, 1.54) is 31.2 Å². The van der Waals surface area contributed by atoms with Crippen LogP contribution in [0.5, 0.6) is 11.5 Å². The Morgan fingerprint density at radius 2 is 1.94 bits per heavy atom. The van der Waals surface area contributed by atoms with Gasteiger partial charge in [0.2, 0.25) is 11.8 Å². The zero-order chi connectivity index (χ0) is 22.4. The Morgan fingerprint density at radius 3 is 2.61 bits per heavy atom. The Kier molecular flexibility index (Phi) is 6.81. The minimum Gasteiger partial charge on any atom is -0.493 e. The quantitative estimate of drug-likeness (QED) is 0.542. The van der Waals surface area contributed by atoms with Crippen LogP contribution in [-0.4, -0.2) is 46.6 Å². The highest BCUT2D eigenvalue weighted by molar-refractivity contribution is 5.87. The van der Waals surface area contributed by atoms with E-state index in [1.54, 1.807) is 31.5 Å². The largest absolute Gasteiger partial charge is 0.493 e. The normalized spacial score (nSPS) is 11.6. The van der Waals surface area contributed by atoms with E-state index in [1.807, 2.05) is 6.07 Å². The molecule has 10 nitrogen and oxygen atoms in total. The average Bonchev–Trinajstić information content (AvgIpc) is 2.79. The maximum Gasteiger partial charge on any atom is 0.261 e. The van der Waals surface area contributed by atoms with Crippen molar-refractivity contribution in [2.75, 3.05) is 14.2 Å². The van der Waals surface area contributed by atoms with Crippen molar-refractivity contribution in [3.63, 3.8) is 0 Å². The first-order valence-corrected chi connectivity index (χ1v) is 9.50. The van der Waals surface area contributed by atoms with Gasteiger partial charge in [-0.05, 0) is 24.6 Å². The third-order valence-corrected chi connectivity index (χ3v) is 4.60. The maximum absolute atomic E-state index is 12.8. The van der Waals surface area contributed by atoms with Gasteiger partial charge in [-0.1, -0.05) is 6.07 Å². The molecule has 162 valence electrons. The molecule has 0 unspecified atom stereocenters. The van der Waals surface area contributed by atoms with Crippen LogP contribution in [0, 0.1) is 0 Å². The molecule has 1 aromatic carbocycles. The van der Waals surface area contributed by atoms with Gasteiger partial charge in [-0.3, -0.25) is 23.9 Å². The number of aromatic nitrogens is 3. The third-order valence-electron chi connectivity index (χ3n) is 4.60. The van der Waals surface area contributed by atoms with Crippen molar-refractivity contribution >= 4 is 22.7 Å². The number of hydrogen-bond acceptors (Lipinski definition) is 7. The van der Waals surface area contributed by atoms with Crippen molar-refractivity contribution in [2.45, 2.75) is 26.1 Å². The lowest BCUT2D eigenvalue weighted by molar-refractivity contribution is -0.129. The van der Waals surface area contributed by atoms with E-state index >= 15 is 0 Å². The standard InChI is InChI=1S/C21H23N5O5/c1-13(20(28)23-10-14-5-4-6-22-9-14)25-19(27)11-26-12-24-16-8-18(31-3)17(30-2)7-15(16)21(26)29/h4-9,12-13H,10-11H2,1-3H3,(H,23,28)(H,25,27)/t13-/m1/s1. The number of nitrogens with zero attached hydrogens (tertiary/aromatic N) is 3. The highest BCUT2D eigenvalue weighted by atomic mass is 16.5. The Bertz CT molecular complexity index is 1150. The monoisotopic (exact) mass is 425 g/mol. The van der Waals surface area contributed by atoms with Gasteiger partial charge in [0.25, 0.3) is 5.56 Å². The smallest absolute Gasteiger partial charge is 0.261 e. The zero-order valence-corrected chi connectivity index (χ0v) is 17.4. The Morgan fingerprint density at radius 1 is 1.19 bits per heavy atom. The summed E-state index contributed by atoms with van der Waals surface area (Å²) in [6.07, 6.45) is 4.57. The Hall–Kier alpha value is -3.95. The fraction of sp³-hybridized carbons (Fsp3) is 0.286. The summed E-state index contributed by atoms with van der Waals surface area (Å²) in [5.41, 5.74) is 0.854. The molecule has 10 heteroatoms. The first-order valence-electron chi connectivity index (χ1n) is 9.50. The number of methoxy groups -OCH3 is 2. The topological polar surface area (TPSA) is 124 Å². The number of benzene rings is 1. The van der Waals surface area contributed by atoms with Crippen molar-refractivity contribution in [1.82, 2.24) is 25.2 Å². The lowest BCUT2D eigenvalue weighted by Crippen LogP contribution is -2.46. The summed E-state index contributed by atoms with van der Waals surface area (Å²) in [6, 6.07) is 5.94. The molecule has 2 amide bonds. The van der Waals surface area contributed by atoms with Crippen molar-refractivity contribution < 1.29 is 19.1 Å². The Balaban J connectivity index is 1.66. The lowest BCUT2D eigenvalue weighted by Gasteiger charge is -2.15. The number of carbonyl (C=O) groups is 2. The first kappa shape index (κ1) is 21.8. The molecule has 0 spiro atoms. The van der Waals surface area contributed by atoms with Crippen LogP contribution in [0.15, 0.2) is 47.8 Å². The molecule has 3 rings (SSSR count). The van der Waals surface area contributed by atoms with E-state index < -0.39 is 17.5 Å². The van der Waals surface area contributed by atoms with Gasteiger partial charge in [-0.15, -0.1) is 0 Å². The summed E-state index contributed by atoms with van der Waals surface area (Å²) in [4.78, 5) is 45.6. The van der Waals surface area contributed by atoms with Gasteiger partial charge < -0.3 is 20.1 Å². The van der Waals surface area contributed by atoms with Gasteiger partial charge in [0.15, 0.2) is 11.5 Å². The van der Waals surface area contributed by atoms with Crippen molar-refractivity contribution in [2.24, 2.45) is 0 Å². The van der Waals surface area contributed by atoms with Gasteiger partial charge in [0, 0.05) is 25.0 Å². The summed E-state index contributed by atoms with van der Waals surface area (Å²) in [6.45, 7) is 1.58. The molecule has 0 bridgehead atoms. The van der Waals surface area contributed by atoms with Gasteiger partial charge >= 0.3 is 0 Å². The van der Waals surface area contributed by atoms with Crippen LogP contribution in [0.1, 0.15) is 12.5 Å². The molecule has 2 heterocycles. The molecule has 3 aromatic rings. The van der Waals surface area contributed by atoms with Crippen LogP contribution in [0.4, 0.5) is 0 Å². The Labute approximate surface area is 178 Å². The number of pyridine rings is 1. The SMILES string of the molecule is COc1cc2ncn(CC(=O)N[C@H](C)C(=O)NCc3cccnc3)c(=O)c2cc1OC. The van der Waals surface area contributed by atoms with E-state index in [2.05, 4.69) is 20.6 Å². The number of amides is 2. The van der Waals surface area contributed by atoms with Gasteiger partial charge in [-0.25, -0.2) is 4.98 Å². The number of nitrogens with one attached hydrogen (secondary N) is 2. The maximum atomic E-state index is 12.8. The van der Waals surface area contributed by atoms with Gasteiger partial charge in [0.05, 0.1) is 31.4 Å². The molecule has 0 aliphatic heterocycles. The first-order chi connectivity index (χ1) is 14.9. The predicted molar refractivity (Wildman–Crippen MR) is 113 cm³/mol. The molecule has 0 aliphatic rings. The fourth-order valence-corrected chi connectivity index (χ4v) is 2.95. The molecular formula is C21H23N5O5. The summed E-state index contributed by atoms with van der Waals surface area (Å²) in [5.74, 6) is -0.00991. The second kappa shape index (κ2) is 9.70. The molecule has 2 N–H and O–H groups in total. The van der Waals surface area contributed by atoms with Crippen LogP contribution < -0.4 is 25.7 Å². The predicted octanol–water partition coefficient (Wildman–Crippen LogP) is 0.630. The van der Waals surface area contributed by atoms with E-state index in [4.69, 9.17) is 9.47 Å². The molecular weight excluding hydrogens is 402 g/mol. The number of ether oxygens (including phenoxy) is 2. The van der Waals surface area contributed by atoms with E-state index in [9.17, 15) is 14.4 Å². The molecule has 0 saturated heterocycles. The van der Waals surface area contributed by atoms with Crippen LogP contribution in [0.2, 0.25) is 0 Å². The molecule has 31 heavy (non-hydrogen) atoms. The van der Waals surface area contributed by atoms with Crippen molar-refractivity contribution in [1.29, 1.82) is 0 Å². The van der Waals surface area contributed by atoms with Crippen molar-refractivity contribution in [3.05, 3.63) is 58.9 Å². The average molecular weight is 425 g/mol. The second-order valence-corrected chi connectivity index (χ2v) is 6.77. The van der Waals surface area contributed by atoms with E-state index in [0.29, 0.717) is 23.6 Å². The van der Waals surface area contributed by atoms with E-state index in [-0.39, 0.29) is 17.8 Å². The summed E-state index contributed by atoms with van der Waals surface area (Å²) in [7, 11) is 2.95. The summed E-state index contributed by atoms with van der Waals surface area (Å²) < 4.78 is 11.6. The number of hydrogen-bond donors (Lipinski definition) is 2. The number of fused-ring (bicyclic) bond motifs is 1. The lowest BCUT2D eigenvalue weighted by atomic mass is 10.2. The molecule has 1 atom stereocenters. The molecule has 0 fully saturated rings. The minimum atomic E-state index is -0.780. The summed E-state index contributed by atoms with van der Waals surface area (Å²) in [5, 5.41) is 5.60. The van der Waals surface area contributed by atoms with E-state index in [0.717, 1.165) is 5.56 Å². The van der Waals surface area contributed by atoms with Gasteiger partial charge in [0.1, 0.15) is 12.6 Å². The zero-order valence-electron chi connectivity index (χ0n) is 17.4. The van der Waals surface area contributed by atoms with Crippen LogP contribution in [-0.2, 0) is 22.7 Å². The minimum absolute atomic E-state index is 0.281. The molecule has 2 aromatic heterocycles. The molecule has 0 saturated carbocycles. The van der Waals surface area contributed by atoms with Crippen LogP contribution in [0.25, 0.3) is 10.9 Å². The molecule has 0 radical (unpaired) electrons.